The fourth-order valence-electron chi connectivity index (χ4n) is 3.53. The van der Waals surface area contributed by atoms with Crippen molar-refractivity contribution in [3.05, 3.63) is 106 Å². The molecule has 0 radical (unpaired) electrons. The van der Waals surface area contributed by atoms with Crippen LogP contribution in [-0.2, 0) is 24.2 Å². The van der Waals surface area contributed by atoms with E-state index in [-0.39, 0.29) is 18.0 Å². The summed E-state index contributed by atoms with van der Waals surface area (Å²) >= 11 is 0. The van der Waals surface area contributed by atoms with Gasteiger partial charge in [-0.25, -0.2) is 4.68 Å². The number of carbonyl (C=O) groups is 1. The number of aromatic nitrogens is 3. The highest BCUT2D eigenvalue weighted by atomic mass is 16.2. The molecule has 6 nitrogen and oxygen atoms in total. The number of fused-ring (bicyclic) bond motifs is 1. The van der Waals surface area contributed by atoms with E-state index < -0.39 is 0 Å². The van der Waals surface area contributed by atoms with Crippen molar-refractivity contribution in [2.75, 3.05) is 13.1 Å². The Kier molecular flexibility index (Phi) is 6.47. The fourth-order valence-corrected chi connectivity index (χ4v) is 3.53. The zero-order valence-electron chi connectivity index (χ0n) is 17.2. The van der Waals surface area contributed by atoms with Crippen molar-refractivity contribution in [1.29, 1.82) is 0 Å². The van der Waals surface area contributed by atoms with Gasteiger partial charge < -0.3 is 4.90 Å². The third kappa shape index (κ3) is 5.22. The molecule has 1 heterocycles. The molecular formula is C25H24N4O2. The number of hydrogen-bond donors (Lipinski definition) is 0. The number of benzene rings is 3. The summed E-state index contributed by atoms with van der Waals surface area (Å²) in [4.78, 5) is 27.7. The molecule has 31 heavy (non-hydrogen) atoms. The van der Waals surface area contributed by atoms with E-state index in [1.807, 2.05) is 41.3 Å². The predicted octanol–water partition coefficient (Wildman–Crippen LogP) is 3.11. The van der Waals surface area contributed by atoms with Gasteiger partial charge in [-0.05, 0) is 36.1 Å². The Morgan fingerprint density at radius 1 is 0.774 bits per heavy atom. The Bertz CT molecular complexity index is 1160. The Morgan fingerprint density at radius 2 is 1.32 bits per heavy atom. The first-order chi connectivity index (χ1) is 15.2. The zero-order chi connectivity index (χ0) is 21.5. The molecule has 0 fully saturated rings. The van der Waals surface area contributed by atoms with E-state index in [0.29, 0.717) is 24.0 Å². The molecule has 156 valence electrons. The molecule has 0 atom stereocenters. The van der Waals surface area contributed by atoms with Crippen LogP contribution in [0.15, 0.2) is 89.7 Å². The van der Waals surface area contributed by atoms with Crippen molar-refractivity contribution in [3.63, 3.8) is 0 Å². The van der Waals surface area contributed by atoms with Gasteiger partial charge in [-0.15, -0.1) is 5.10 Å². The highest BCUT2D eigenvalue weighted by Gasteiger charge is 2.16. The molecule has 0 spiro atoms. The van der Waals surface area contributed by atoms with Crippen molar-refractivity contribution < 1.29 is 4.79 Å². The van der Waals surface area contributed by atoms with E-state index in [2.05, 4.69) is 34.6 Å². The first kappa shape index (κ1) is 20.5. The molecule has 1 aromatic heterocycles. The van der Waals surface area contributed by atoms with Crippen molar-refractivity contribution in [3.8, 4) is 0 Å². The van der Waals surface area contributed by atoms with Gasteiger partial charge in [0.2, 0.25) is 5.91 Å². The monoisotopic (exact) mass is 412 g/mol. The SMILES string of the molecule is O=C(Cn1nnc2ccccc2c1=O)N(CCc1ccccc1)CCc1ccccc1. The van der Waals surface area contributed by atoms with E-state index in [1.165, 1.54) is 11.1 Å². The Labute approximate surface area is 180 Å². The highest BCUT2D eigenvalue weighted by Crippen LogP contribution is 2.07. The lowest BCUT2D eigenvalue weighted by atomic mass is 10.1. The molecule has 0 aliphatic rings. The van der Waals surface area contributed by atoms with Crippen molar-refractivity contribution in [2.24, 2.45) is 0 Å². The van der Waals surface area contributed by atoms with Crippen LogP contribution in [0.5, 0.6) is 0 Å². The van der Waals surface area contributed by atoms with Gasteiger partial charge >= 0.3 is 0 Å². The van der Waals surface area contributed by atoms with E-state index in [1.54, 1.807) is 24.3 Å². The van der Waals surface area contributed by atoms with Crippen molar-refractivity contribution in [1.82, 2.24) is 19.9 Å². The maximum absolute atomic E-state index is 13.1. The summed E-state index contributed by atoms with van der Waals surface area (Å²) < 4.78 is 1.16. The van der Waals surface area contributed by atoms with Crippen molar-refractivity contribution >= 4 is 16.8 Å². The first-order valence-corrected chi connectivity index (χ1v) is 10.4. The lowest BCUT2D eigenvalue weighted by Gasteiger charge is -2.23. The second-order valence-corrected chi connectivity index (χ2v) is 7.42. The average Bonchev–Trinajstić information content (AvgIpc) is 2.82. The summed E-state index contributed by atoms with van der Waals surface area (Å²) in [6, 6.07) is 27.2. The smallest absolute Gasteiger partial charge is 0.278 e. The Morgan fingerprint density at radius 3 is 1.94 bits per heavy atom. The normalized spacial score (nSPS) is 10.8. The molecule has 0 aliphatic carbocycles. The Balaban J connectivity index is 1.51. The number of amides is 1. The summed E-state index contributed by atoms with van der Waals surface area (Å²) in [6.45, 7) is 1.02. The molecule has 4 aromatic rings. The summed E-state index contributed by atoms with van der Waals surface area (Å²) in [5, 5.41) is 8.52. The lowest BCUT2D eigenvalue weighted by Crippen LogP contribution is -2.40. The molecule has 0 unspecified atom stereocenters. The first-order valence-electron chi connectivity index (χ1n) is 10.4. The Hall–Kier alpha value is -3.80. The number of hydrogen-bond acceptors (Lipinski definition) is 4. The van der Waals surface area contributed by atoms with Crippen LogP contribution in [0.3, 0.4) is 0 Å². The summed E-state index contributed by atoms with van der Waals surface area (Å²) in [5.74, 6) is -0.140. The van der Waals surface area contributed by atoms with Crippen LogP contribution >= 0.6 is 0 Å². The molecule has 6 heteroatoms. The number of rotatable bonds is 8. The van der Waals surface area contributed by atoms with Gasteiger partial charge in [-0.1, -0.05) is 78.0 Å². The maximum atomic E-state index is 13.1. The molecular weight excluding hydrogens is 388 g/mol. The molecule has 1 amide bonds. The van der Waals surface area contributed by atoms with E-state index >= 15 is 0 Å². The summed E-state index contributed by atoms with van der Waals surface area (Å²) in [5.41, 5.74) is 2.57. The standard InChI is InChI=1S/C25H24N4O2/c30-24(19-29-25(31)22-13-7-8-14-23(22)26-27-29)28(17-15-20-9-3-1-4-10-20)18-16-21-11-5-2-6-12-21/h1-14H,15-19H2. The molecule has 0 aliphatic heterocycles. The van der Waals surface area contributed by atoms with E-state index in [9.17, 15) is 9.59 Å². The van der Waals surface area contributed by atoms with Crippen molar-refractivity contribution in [2.45, 2.75) is 19.4 Å². The molecule has 0 N–H and O–H groups in total. The van der Waals surface area contributed by atoms with Gasteiger partial charge in [0.1, 0.15) is 12.1 Å². The second kappa shape index (κ2) is 9.80. The van der Waals surface area contributed by atoms with Crippen LogP contribution in [0.4, 0.5) is 0 Å². The highest BCUT2D eigenvalue weighted by molar-refractivity contribution is 5.78. The molecule has 0 bridgehead atoms. The largest absolute Gasteiger partial charge is 0.340 e. The average molecular weight is 412 g/mol. The third-order valence-electron chi connectivity index (χ3n) is 5.29. The molecule has 0 saturated carbocycles. The minimum atomic E-state index is -0.301. The third-order valence-corrected chi connectivity index (χ3v) is 5.29. The summed E-state index contributed by atoms with van der Waals surface area (Å²) in [6.07, 6.45) is 1.50. The van der Waals surface area contributed by atoms with Crippen LogP contribution in [0.25, 0.3) is 10.9 Å². The second-order valence-electron chi connectivity index (χ2n) is 7.42. The van der Waals surface area contributed by atoms with Gasteiger partial charge in [-0.3, -0.25) is 9.59 Å². The minimum Gasteiger partial charge on any atom is -0.340 e. The van der Waals surface area contributed by atoms with Gasteiger partial charge in [-0.2, -0.15) is 0 Å². The van der Waals surface area contributed by atoms with Crippen LogP contribution in [0, 0.1) is 0 Å². The molecule has 0 saturated heterocycles. The van der Waals surface area contributed by atoms with Crippen LogP contribution in [-0.4, -0.2) is 38.9 Å². The summed E-state index contributed by atoms with van der Waals surface area (Å²) in [7, 11) is 0. The van der Waals surface area contributed by atoms with E-state index in [0.717, 1.165) is 17.5 Å². The minimum absolute atomic E-state index is 0.125. The quantitative estimate of drug-likeness (QED) is 0.446. The van der Waals surface area contributed by atoms with E-state index in [4.69, 9.17) is 0 Å². The molecule has 4 rings (SSSR count). The maximum Gasteiger partial charge on any atom is 0.278 e. The number of nitrogens with zero attached hydrogens (tertiary/aromatic N) is 4. The molecule has 3 aromatic carbocycles. The number of carbonyl (C=O) groups excluding carboxylic acids is 1. The lowest BCUT2D eigenvalue weighted by molar-refractivity contribution is -0.132. The van der Waals surface area contributed by atoms with Gasteiger partial charge in [0.05, 0.1) is 5.39 Å². The zero-order valence-corrected chi connectivity index (χ0v) is 17.2. The van der Waals surface area contributed by atoms with Gasteiger partial charge in [0, 0.05) is 13.1 Å². The van der Waals surface area contributed by atoms with Crippen LogP contribution in [0.2, 0.25) is 0 Å². The topological polar surface area (TPSA) is 68.1 Å². The predicted molar refractivity (Wildman–Crippen MR) is 121 cm³/mol. The van der Waals surface area contributed by atoms with Gasteiger partial charge in [0.15, 0.2) is 0 Å². The van der Waals surface area contributed by atoms with Gasteiger partial charge in [0.25, 0.3) is 5.56 Å². The fraction of sp³-hybridized carbons (Fsp3) is 0.200. The van der Waals surface area contributed by atoms with Crippen LogP contribution < -0.4 is 5.56 Å². The van der Waals surface area contributed by atoms with Crippen LogP contribution in [0.1, 0.15) is 11.1 Å².